The van der Waals surface area contributed by atoms with Gasteiger partial charge in [-0.1, -0.05) is 6.92 Å². The van der Waals surface area contributed by atoms with Gasteiger partial charge in [0, 0.05) is 0 Å². The second kappa shape index (κ2) is 5.66. The SMILES string of the molecule is CC[C@H](NC(=O)OC(C)(C)C)c1nc(C=O)co1. The van der Waals surface area contributed by atoms with E-state index in [-0.39, 0.29) is 5.69 Å². The number of ether oxygens (including phenoxy) is 1. The molecule has 18 heavy (non-hydrogen) atoms. The molecule has 0 bridgehead atoms. The average molecular weight is 254 g/mol. The van der Waals surface area contributed by atoms with Crippen LogP contribution in [0.5, 0.6) is 0 Å². The van der Waals surface area contributed by atoms with Crippen LogP contribution < -0.4 is 5.32 Å². The lowest BCUT2D eigenvalue weighted by molar-refractivity contribution is 0.0494. The van der Waals surface area contributed by atoms with Crippen LogP contribution in [0.25, 0.3) is 0 Å². The zero-order valence-electron chi connectivity index (χ0n) is 11.0. The first-order valence-corrected chi connectivity index (χ1v) is 5.76. The fraction of sp³-hybridized carbons (Fsp3) is 0.583. The summed E-state index contributed by atoms with van der Waals surface area (Å²) in [5, 5.41) is 2.64. The third-order valence-corrected chi connectivity index (χ3v) is 2.06. The number of alkyl carbamates (subject to hydrolysis) is 1. The molecular weight excluding hydrogens is 236 g/mol. The van der Waals surface area contributed by atoms with E-state index in [9.17, 15) is 9.59 Å². The lowest BCUT2D eigenvalue weighted by Gasteiger charge is -2.21. The molecule has 0 aliphatic carbocycles. The van der Waals surface area contributed by atoms with Gasteiger partial charge in [-0.05, 0) is 27.2 Å². The molecule has 0 unspecified atom stereocenters. The van der Waals surface area contributed by atoms with Gasteiger partial charge in [0.25, 0.3) is 0 Å². The van der Waals surface area contributed by atoms with E-state index in [1.54, 1.807) is 20.8 Å². The quantitative estimate of drug-likeness (QED) is 0.834. The monoisotopic (exact) mass is 254 g/mol. The maximum atomic E-state index is 11.6. The Morgan fingerprint density at radius 2 is 2.28 bits per heavy atom. The number of carbonyl (C=O) groups is 2. The molecule has 0 aliphatic heterocycles. The average Bonchev–Trinajstić information content (AvgIpc) is 2.71. The molecule has 1 amide bonds. The van der Waals surface area contributed by atoms with Crippen LogP contribution in [0.15, 0.2) is 10.7 Å². The van der Waals surface area contributed by atoms with Crippen molar-refractivity contribution in [1.82, 2.24) is 10.3 Å². The predicted octanol–water partition coefficient (Wildman–Crippen LogP) is 2.46. The minimum atomic E-state index is -0.563. The standard InChI is InChI=1S/C12H18N2O4/c1-5-9(10-13-8(6-15)7-17-10)14-11(16)18-12(2,3)4/h6-7,9H,5H2,1-4H3,(H,14,16)/t9-/m0/s1. The summed E-state index contributed by atoms with van der Waals surface area (Å²) < 4.78 is 10.3. The van der Waals surface area contributed by atoms with Crippen molar-refractivity contribution in [3.63, 3.8) is 0 Å². The Morgan fingerprint density at radius 1 is 1.61 bits per heavy atom. The van der Waals surface area contributed by atoms with Crippen LogP contribution in [0.2, 0.25) is 0 Å². The van der Waals surface area contributed by atoms with E-state index in [4.69, 9.17) is 9.15 Å². The molecule has 1 rings (SSSR count). The lowest BCUT2D eigenvalue weighted by atomic mass is 10.2. The number of hydrogen-bond acceptors (Lipinski definition) is 5. The molecule has 0 aromatic carbocycles. The van der Waals surface area contributed by atoms with Crippen molar-refractivity contribution in [2.45, 2.75) is 45.8 Å². The van der Waals surface area contributed by atoms with Crippen molar-refractivity contribution < 1.29 is 18.7 Å². The zero-order valence-corrected chi connectivity index (χ0v) is 11.0. The van der Waals surface area contributed by atoms with Gasteiger partial charge in [-0.15, -0.1) is 0 Å². The Balaban J connectivity index is 2.67. The van der Waals surface area contributed by atoms with Crippen molar-refractivity contribution >= 4 is 12.4 Å². The molecule has 0 fully saturated rings. The predicted molar refractivity (Wildman–Crippen MR) is 64.3 cm³/mol. The first kappa shape index (κ1) is 14.2. The molecule has 100 valence electrons. The van der Waals surface area contributed by atoms with E-state index in [0.717, 1.165) is 0 Å². The van der Waals surface area contributed by atoms with Crippen LogP contribution in [0, 0.1) is 0 Å². The second-order valence-corrected chi connectivity index (χ2v) is 4.84. The fourth-order valence-corrected chi connectivity index (χ4v) is 1.30. The highest BCUT2D eigenvalue weighted by Crippen LogP contribution is 2.16. The van der Waals surface area contributed by atoms with E-state index in [1.807, 2.05) is 6.92 Å². The van der Waals surface area contributed by atoms with E-state index in [0.29, 0.717) is 18.6 Å². The van der Waals surface area contributed by atoms with Crippen LogP contribution in [-0.4, -0.2) is 23.0 Å². The lowest BCUT2D eigenvalue weighted by Crippen LogP contribution is -2.34. The van der Waals surface area contributed by atoms with Gasteiger partial charge in [-0.25, -0.2) is 9.78 Å². The van der Waals surface area contributed by atoms with Crippen molar-refractivity contribution in [3.05, 3.63) is 17.8 Å². The molecule has 6 nitrogen and oxygen atoms in total. The molecule has 0 saturated heterocycles. The van der Waals surface area contributed by atoms with Crippen molar-refractivity contribution in [3.8, 4) is 0 Å². The molecule has 1 heterocycles. The normalized spacial score (nSPS) is 12.9. The van der Waals surface area contributed by atoms with Crippen molar-refractivity contribution in [2.75, 3.05) is 0 Å². The number of amides is 1. The molecule has 0 saturated carbocycles. The molecule has 1 atom stereocenters. The molecule has 1 N–H and O–H groups in total. The summed E-state index contributed by atoms with van der Waals surface area (Å²) in [7, 11) is 0. The van der Waals surface area contributed by atoms with Gasteiger partial charge in [-0.3, -0.25) is 4.79 Å². The van der Waals surface area contributed by atoms with Gasteiger partial charge in [0.05, 0.1) is 0 Å². The summed E-state index contributed by atoms with van der Waals surface area (Å²) in [5.74, 6) is 0.297. The molecule has 1 aromatic heterocycles. The summed E-state index contributed by atoms with van der Waals surface area (Å²) in [4.78, 5) is 26.1. The van der Waals surface area contributed by atoms with E-state index in [2.05, 4.69) is 10.3 Å². The smallest absolute Gasteiger partial charge is 0.408 e. The van der Waals surface area contributed by atoms with Crippen LogP contribution in [-0.2, 0) is 4.74 Å². The summed E-state index contributed by atoms with van der Waals surface area (Å²) in [5.41, 5.74) is -0.359. The number of nitrogens with zero attached hydrogens (tertiary/aromatic N) is 1. The third kappa shape index (κ3) is 4.20. The third-order valence-electron chi connectivity index (χ3n) is 2.06. The number of aromatic nitrogens is 1. The maximum absolute atomic E-state index is 11.6. The Bertz CT molecular complexity index is 420. The van der Waals surface area contributed by atoms with Gasteiger partial charge in [0.2, 0.25) is 5.89 Å². The molecule has 0 aliphatic rings. The van der Waals surface area contributed by atoms with Crippen molar-refractivity contribution in [1.29, 1.82) is 0 Å². The maximum Gasteiger partial charge on any atom is 0.408 e. The highest BCUT2D eigenvalue weighted by Gasteiger charge is 2.22. The Labute approximate surface area is 106 Å². The molecule has 6 heteroatoms. The Morgan fingerprint density at radius 3 is 2.72 bits per heavy atom. The van der Waals surface area contributed by atoms with E-state index in [1.165, 1.54) is 6.26 Å². The van der Waals surface area contributed by atoms with Gasteiger partial charge in [0.15, 0.2) is 6.29 Å². The minimum Gasteiger partial charge on any atom is -0.446 e. The number of nitrogens with one attached hydrogen (secondary N) is 1. The molecular formula is C12H18N2O4. The minimum absolute atomic E-state index is 0.203. The van der Waals surface area contributed by atoms with Gasteiger partial charge in [-0.2, -0.15) is 0 Å². The molecule has 1 aromatic rings. The van der Waals surface area contributed by atoms with Crippen LogP contribution in [0.1, 0.15) is 56.5 Å². The van der Waals surface area contributed by atoms with Crippen LogP contribution in [0.3, 0.4) is 0 Å². The molecule has 0 spiro atoms. The number of hydrogen-bond donors (Lipinski definition) is 1. The second-order valence-electron chi connectivity index (χ2n) is 4.84. The first-order valence-electron chi connectivity index (χ1n) is 5.76. The number of rotatable bonds is 4. The summed E-state index contributed by atoms with van der Waals surface area (Å²) in [6, 6.07) is -0.409. The largest absolute Gasteiger partial charge is 0.446 e. The van der Waals surface area contributed by atoms with Gasteiger partial charge in [0.1, 0.15) is 23.6 Å². The van der Waals surface area contributed by atoms with E-state index >= 15 is 0 Å². The topological polar surface area (TPSA) is 81.4 Å². The van der Waals surface area contributed by atoms with Gasteiger partial charge >= 0.3 is 6.09 Å². The summed E-state index contributed by atoms with van der Waals surface area (Å²) in [6.07, 6.45) is 1.88. The highest BCUT2D eigenvalue weighted by molar-refractivity contribution is 5.71. The number of aldehydes is 1. The van der Waals surface area contributed by atoms with Gasteiger partial charge < -0.3 is 14.5 Å². The first-order chi connectivity index (χ1) is 8.35. The van der Waals surface area contributed by atoms with E-state index < -0.39 is 17.7 Å². The Hall–Kier alpha value is -1.85. The highest BCUT2D eigenvalue weighted by atomic mass is 16.6. The molecule has 0 radical (unpaired) electrons. The number of oxazole rings is 1. The Kier molecular flexibility index (Phi) is 4.47. The van der Waals surface area contributed by atoms with Crippen LogP contribution >= 0.6 is 0 Å². The summed E-state index contributed by atoms with van der Waals surface area (Å²) >= 11 is 0. The van der Waals surface area contributed by atoms with Crippen molar-refractivity contribution in [2.24, 2.45) is 0 Å². The fourth-order valence-electron chi connectivity index (χ4n) is 1.30. The zero-order chi connectivity index (χ0) is 13.8. The van der Waals surface area contributed by atoms with Crippen LogP contribution in [0.4, 0.5) is 4.79 Å². The summed E-state index contributed by atoms with van der Waals surface area (Å²) in [6.45, 7) is 7.21. The number of carbonyl (C=O) groups excluding carboxylic acids is 2.